The summed E-state index contributed by atoms with van der Waals surface area (Å²) >= 11 is 0. The molecule has 2 aromatic rings. The second kappa shape index (κ2) is 6.02. The number of furan rings is 1. The fourth-order valence-corrected chi connectivity index (χ4v) is 3.46. The van der Waals surface area contributed by atoms with Crippen molar-refractivity contribution in [3.8, 4) is 17.8 Å². The van der Waals surface area contributed by atoms with Gasteiger partial charge in [0.25, 0.3) is 11.9 Å². The maximum atomic E-state index is 12.4. The molecule has 24 heavy (non-hydrogen) atoms. The summed E-state index contributed by atoms with van der Waals surface area (Å²) in [4.78, 5) is 12.4. The Morgan fingerprint density at radius 2 is 2.08 bits per heavy atom. The molecular weight excluding hydrogens is 306 g/mol. The van der Waals surface area contributed by atoms with Crippen molar-refractivity contribution >= 4 is 5.91 Å². The van der Waals surface area contributed by atoms with Gasteiger partial charge in [-0.2, -0.15) is 5.26 Å². The molecule has 4 rings (SSSR count). The predicted molar refractivity (Wildman–Crippen MR) is 85.8 cm³/mol. The summed E-state index contributed by atoms with van der Waals surface area (Å²) in [5.74, 6) is 0.926. The molecule has 1 aromatic heterocycles. The van der Waals surface area contributed by atoms with Gasteiger partial charge in [0, 0.05) is 29.8 Å². The number of ether oxygens (including phenoxy) is 1. The third-order valence-electron chi connectivity index (χ3n) is 4.64. The van der Waals surface area contributed by atoms with E-state index in [0.29, 0.717) is 23.4 Å². The molecule has 2 aliphatic heterocycles. The lowest BCUT2D eigenvalue weighted by Crippen LogP contribution is -2.42. The molecule has 0 saturated carbocycles. The van der Waals surface area contributed by atoms with Crippen LogP contribution in [0.2, 0.25) is 0 Å². The van der Waals surface area contributed by atoms with Gasteiger partial charge in [0.1, 0.15) is 11.8 Å². The fraction of sp³-hybridized carbons (Fsp3) is 0.333. The van der Waals surface area contributed by atoms with Crippen molar-refractivity contribution in [3.63, 3.8) is 0 Å². The van der Waals surface area contributed by atoms with Crippen LogP contribution in [-0.4, -0.2) is 24.0 Å². The quantitative estimate of drug-likeness (QED) is 0.903. The first-order valence-corrected chi connectivity index (χ1v) is 8.06. The van der Waals surface area contributed by atoms with Crippen LogP contribution in [0.3, 0.4) is 0 Å². The van der Waals surface area contributed by atoms with Crippen LogP contribution in [0, 0.1) is 11.3 Å². The minimum atomic E-state index is -0.0642. The molecule has 2 N–H and O–H groups in total. The molecular formula is C18H17N3O3. The zero-order chi connectivity index (χ0) is 16.5. The average molecular weight is 323 g/mol. The molecule has 6 nitrogen and oxygen atoms in total. The standard InChI is InChI=1S/C18H17N3O3/c19-10-14-6-8-17(24-14)23-13-4-1-11(2-5-13)18(22)21-16-9-12-3-7-15(16)20-12/h1-2,4-6,8,12,15-16,20H,3,7,9H2,(H,21,22)/t12-,15?,16-/m1/s1. The molecule has 2 bridgehead atoms. The van der Waals surface area contributed by atoms with Crippen LogP contribution in [0.4, 0.5) is 0 Å². The molecule has 0 aliphatic carbocycles. The Labute approximate surface area is 139 Å². The van der Waals surface area contributed by atoms with Crippen LogP contribution < -0.4 is 15.4 Å². The fourth-order valence-electron chi connectivity index (χ4n) is 3.46. The lowest BCUT2D eigenvalue weighted by molar-refractivity contribution is 0.0931. The molecule has 6 heteroatoms. The number of hydrogen-bond donors (Lipinski definition) is 2. The molecule has 3 heterocycles. The molecule has 1 unspecified atom stereocenters. The van der Waals surface area contributed by atoms with Gasteiger partial charge < -0.3 is 19.8 Å². The lowest BCUT2D eigenvalue weighted by atomic mass is 9.95. The Hall–Kier alpha value is -2.78. The van der Waals surface area contributed by atoms with E-state index in [4.69, 9.17) is 14.4 Å². The Morgan fingerprint density at radius 1 is 1.25 bits per heavy atom. The number of nitriles is 1. The Kier molecular flexibility index (Phi) is 3.71. The van der Waals surface area contributed by atoms with Crippen LogP contribution in [0.15, 0.2) is 40.8 Å². The summed E-state index contributed by atoms with van der Waals surface area (Å²) < 4.78 is 10.7. The second-order valence-corrected chi connectivity index (χ2v) is 6.22. The maximum Gasteiger partial charge on any atom is 0.291 e. The van der Waals surface area contributed by atoms with Crippen molar-refractivity contribution in [3.05, 3.63) is 47.7 Å². The van der Waals surface area contributed by atoms with Crippen molar-refractivity contribution in [1.29, 1.82) is 5.26 Å². The largest absolute Gasteiger partial charge is 0.426 e. The number of rotatable bonds is 4. The summed E-state index contributed by atoms with van der Waals surface area (Å²) in [5.41, 5.74) is 0.599. The molecule has 0 spiro atoms. The van der Waals surface area contributed by atoms with E-state index >= 15 is 0 Å². The van der Waals surface area contributed by atoms with Crippen LogP contribution in [0.25, 0.3) is 0 Å². The van der Waals surface area contributed by atoms with Gasteiger partial charge in [-0.25, -0.2) is 0 Å². The van der Waals surface area contributed by atoms with E-state index < -0.39 is 0 Å². The molecule has 3 atom stereocenters. The third kappa shape index (κ3) is 2.86. The normalized spacial score (nSPS) is 24.5. The van der Waals surface area contributed by atoms with Crippen molar-refractivity contribution in [2.75, 3.05) is 0 Å². The number of carbonyl (C=O) groups excluding carboxylic acids is 1. The minimum Gasteiger partial charge on any atom is -0.426 e. The molecule has 1 aromatic carbocycles. The summed E-state index contributed by atoms with van der Waals surface area (Å²) in [6.07, 6.45) is 3.36. The van der Waals surface area contributed by atoms with E-state index in [1.807, 2.05) is 6.07 Å². The Balaban J connectivity index is 1.38. The van der Waals surface area contributed by atoms with Gasteiger partial charge in [-0.05, 0) is 49.6 Å². The van der Waals surface area contributed by atoms with Crippen molar-refractivity contribution in [2.24, 2.45) is 0 Å². The van der Waals surface area contributed by atoms with Crippen molar-refractivity contribution in [2.45, 2.75) is 37.4 Å². The topological polar surface area (TPSA) is 87.3 Å². The molecule has 2 fully saturated rings. The minimum absolute atomic E-state index is 0.0642. The highest BCUT2D eigenvalue weighted by atomic mass is 16.6. The smallest absolute Gasteiger partial charge is 0.291 e. The molecule has 2 saturated heterocycles. The van der Waals surface area contributed by atoms with E-state index in [1.165, 1.54) is 6.42 Å². The van der Waals surface area contributed by atoms with Gasteiger partial charge in [-0.15, -0.1) is 0 Å². The first kappa shape index (κ1) is 14.8. The summed E-state index contributed by atoms with van der Waals surface area (Å²) in [6.45, 7) is 0. The summed E-state index contributed by atoms with van der Waals surface area (Å²) in [7, 11) is 0. The average Bonchev–Trinajstić information content (AvgIpc) is 3.32. The van der Waals surface area contributed by atoms with Gasteiger partial charge in [0.05, 0.1) is 0 Å². The van der Waals surface area contributed by atoms with E-state index in [9.17, 15) is 4.79 Å². The van der Waals surface area contributed by atoms with Gasteiger partial charge in [-0.1, -0.05) is 0 Å². The highest BCUT2D eigenvalue weighted by molar-refractivity contribution is 5.94. The highest BCUT2D eigenvalue weighted by Gasteiger charge is 2.39. The number of benzene rings is 1. The summed E-state index contributed by atoms with van der Waals surface area (Å²) in [5, 5.41) is 15.3. The van der Waals surface area contributed by atoms with Crippen LogP contribution in [0.5, 0.6) is 11.7 Å². The van der Waals surface area contributed by atoms with E-state index in [1.54, 1.807) is 36.4 Å². The monoisotopic (exact) mass is 323 g/mol. The van der Waals surface area contributed by atoms with Gasteiger partial charge >= 0.3 is 0 Å². The lowest BCUT2D eigenvalue weighted by Gasteiger charge is -2.21. The van der Waals surface area contributed by atoms with Crippen molar-refractivity contribution < 1.29 is 13.9 Å². The SMILES string of the molecule is N#Cc1ccc(Oc2ccc(C(=O)N[C@@H]3C[C@H]4CCC3N4)cc2)o1. The van der Waals surface area contributed by atoms with Crippen LogP contribution in [0.1, 0.15) is 35.4 Å². The number of hydrogen-bond acceptors (Lipinski definition) is 5. The molecule has 2 aliphatic rings. The second-order valence-electron chi connectivity index (χ2n) is 6.22. The number of nitrogens with one attached hydrogen (secondary N) is 2. The molecule has 0 radical (unpaired) electrons. The highest BCUT2D eigenvalue weighted by Crippen LogP contribution is 2.28. The Bertz CT molecular complexity index is 791. The third-order valence-corrected chi connectivity index (χ3v) is 4.64. The first-order chi connectivity index (χ1) is 11.7. The first-order valence-electron chi connectivity index (χ1n) is 8.06. The molecule has 1 amide bonds. The number of nitrogens with zero attached hydrogens (tertiary/aromatic N) is 1. The van der Waals surface area contributed by atoms with Crippen molar-refractivity contribution in [1.82, 2.24) is 10.6 Å². The van der Waals surface area contributed by atoms with Gasteiger partial charge in [0.2, 0.25) is 5.76 Å². The molecule has 122 valence electrons. The van der Waals surface area contributed by atoms with Gasteiger partial charge in [0.15, 0.2) is 0 Å². The van der Waals surface area contributed by atoms with E-state index in [2.05, 4.69) is 10.6 Å². The predicted octanol–water partition coefficient (Wildman–Crippen LogP) is 2.57. The number of amides is 1. The van der Waals surface area contributed by atoms with Crippen LogP contribution in [-0.2, 0) is 0 Å². The van der Waals surface area contributed by atoms with E-state index in [-0.39, 0.29) is 23.7 Å². The zero-order valence-electron chi connectivity index (χ0n) is 13.0. The number of fused-ring (bicyclic) bond motifs is 2. The van der Waals surface area contributed by atoms with Crippen LogP contribution >= 0.6 is 0 Å². The number of carbonyl (C=O) groups is 1. The Morgan fingerprint density at radius 3 is 2.71 bits per heavy atom. The maximum absolute atomic E-state index is 12.4. The van der Waals surface area contributed by atoms with Gasteiger partial charge in [-0.3, -0.25) is 4.79 Å². The zero-order valence-corrected chi connectivity index (χ0v) is 13.0. The summed E-state index contributed by atoms with van der Waals surface area (Å²) in [6, 6.07) is 13.1. The van der Waals surface area contributed by atoms with E-state index in [0.717, 1.165) is 12.8 Å².